The van der Waals surface area contributed by atoms with E-state index in [1.54, 1.807) is 7.11 Å². The number of ether oxygens (including phenoxy) is 1. The number of benzene rings is 2. The van der Waals surface area contributed by atoms with Crippen LogP contribution in [0.4, 0.5) is 24.5 Å². The Kier molecular flexibility index (Phi) is 6.90. The second-order valence-corrected chi connectivity index (χ2v) is 7.54. The van der Waals surface area contributed by atoms with E-state index in [1.165, 1.54) is 0 Å². The maximum Gasteiger partial charge on any atom is 0.471 e. The van der Waals surface area contributed by atoms with Gasteiger partial charge in [-0.2, -0.15) is 13.2 Å². The molecule has 1 aliphatic heterocycles. The van der Waals surface area contributed by atoms with Crippen LogP contribution in [0.25, 0.3) is 0 Å². The molecule has 0 radical (unpaired) electrons. The van der Waals surface area contributed by atoms with Crippen LogP contribution in [-0.2, 0) is 11.2 Å². The van der Waals surface area contributed by atoms with Gasteiger partial charge in [0.15, 0.2) is 0 Å². The molecule has 162 valence electrons. The summed E-state index contributed by atoms with van der Waals surface area (Å²) in [5, 5.41) is 2.27. The molecule has 30 heavy (non-hydrogen) atoms. The van der Waals surface area contributed by atoms with Crippen molar-refractivity contribution in [1.82, 2.24) is 5.32 Å². The minimum absolute atomic E-state index is 0.286. The summed E-state index contributed by atoms with van der Waals surface area (Å²) in [6, 6.07) is 14.2. The zero-order chi connectivity index (χ0) is 21.7. The molecule has 0 fully saturated rings. The second-order valence-electron chi connectivity index (χ2n) is 7.54. The molecule has 0 aromatic heterocycles. The Morgan fingerprint density at radius 2 is 1.83 bits per heavy atom. The Morgan fingerprint density at radius 1 is 1.13 bits per heavy atom. The maximum atomic E-state index is 13.0. The van der Waals surface area contributed by atoms with E-state index in [-0.39, 0.29) is 6.04 Å². The predicted molar refractivity (Wildman–Crippen MR) is 111 cm³/mol. The smallest absolute Gasteiger partial charge is 0.471 e. The zero-order valence-corrected chi connectivity index (χ0v) is 17.2. The molecule has 2 aromatic rings. The van der Waals surface area contributed by atoms with Gasteiger partial charge in [-0.15, -0.1) is 0 Å². The van der Waals surface area contributed by atoms with Crippen LogP contribution < -0.4 is 15.0 Å². The van der Waals surface area contributed by atoms with Crippen molar-refractivity contribution >= 4 is 17.3 Å². The molecule has 1 N–H and O–H groups in total. The van der Waals surface area contributed by atoms with Gasteiger partial charge in [-0.1, -0.05) is 44.4 Å². The number of unbranched alkanes of at least 4 members (excludes halogenated alkanes) is 2. The number of carbonyl (C=O) groups excluding carboxylic acids is 1. The van der Waals surface area contributed by atoms with Crippen molar-refractivity contribution in [3.63, 3.8) is 0 Å². The third-order valence-electron chi connectivity index (χ3n) is 5.52. The number of carbonyl (C=O) groups is 1. The van der Waals surface area contributed by atoms with E-state index in [1.807, 2.05) is 48.5 Å². The number of anilines is 2. The van der Waals surface area contributed by atoms with Gasteiger partial charge in [-0.25, -0.2) is 0 Å². The average Bonchev–Trinajstić information content (AvgIpc) is 2.73. The third kappa shape index (κ3) is 4.89. The van der Waals surface area contributed by atoms with Crippen LogP contribution >= 0.6 is 0 Å². The standard InChI is InChI=1S/C23H27F3N2O2/c1-3-4-5-10-21-19(27-22(29)23(24,25)26)15-16-8-6-7-9-20(16)28(21)17-11-13-18(30-2)14-12-17/h6-9,11-14,19,21H,3-5,10,15H2,1-2H3,(H,27,29)/t19-,21+/m0/s1. The highest BCUT2D eigenvalue weighted by Gasteiger charge is 2.43. The molecular weight excluding hydrogens is 393 g/mol. The lowest BCUT2D eigenvalue weighted by molar-refractivity contribution is -0.174. The summed E-state index contributed by atoms with van der Waals surface area (Å²) in [6.07, 6.45) is -1.01. The summed E-state index contributed by atoms with van der Waals surface area (Å²) in [6.45, 7) is 2.08. The van der Waals surface area contributed by atoms with Gasteiger partial charge in [0.1, 0.15) is 5.75 Å². The highest BCUT2D eigenvalue weighted by atomic mass is 19.4. The zero-order valence-electron chi connectivity index (χ0n) is 17.2. The van der Waals surface area contributed by atoms with Crippen molar-refractivity contribution in [2.24, 2.45) is 0 Å². The van der Waals surface area contributed by atoms with Gasteiger partial charge in [0.25, 0.3) is 0 Å². The van der Waals surface area contributed by atoms with Gasteiger partial charge in [0, 0.05) is 11.4 Å². The first-order valence-corrected chi connectivity index (χ1v) is 10.2. The Labute approximate surface area is 175 Å². The quantitative estimate of drug-likeness (QED) is 0.611. The third-order valence-corrected chi connectivity index (χ3v) is 5.52. The van der Waals surface area contributed by atoms with Crippen molar-refractivity contribution in [1.29, 1.82) is 0 Å². The monoisotopic (exact) mass is 420 g/mol. The van der Waals surface area contributed by atoms with Crippen LogP contribution in [0.1, 0.15) is 38.2 Å². The van der Waals surface area contributed by atoms with Crippen molar-refractivity contribution in [3.8, 4) is 5.75 Å². The maximum absolute atomic E-state index is 13.0. The minimum Gasteiger partial charge on any atom is -0.497 e. The van der Waals surface area contributed by atoms with Crippen LogP contribution in [0, 0.1) is 0 Å². The molecule has 3 rings (SSSR count). The number of hydrogen-bond acceptors (Lipinski definition) is 3. The summed E-state index contributed by atoms with van der Waals surface area (Å²) >= 11 is 0. The lowest BCUT2D eigenvalue weighted by Gasteiger charge is -2.44. The van der Waals surface area contributed by atoms with Gasteiger partial charge < -0.3 is 15.0 Å². The van der Waals surface area contributed by atoms with Gasteiger partial charge in [-0.05, 0) is 48.7 Å². The number of fused-ring (bicyclic) bond motifs is 1. The number of halogens is 3. The first-order chi connectivity index (χ1) is 14.3. The van der Waals surface area contributed by atoms with E-state index < -0.39 is 18.1 Å². The first-order valence-electron chi connectivity index (χ1n) is 10.2. The van der Waals surface area contributed by atoms with E-state index in [0.29, 0.717) is 18.6 Å². The van der Waals surface area contributed by atoms with Gasteiger partial charge >= 0.3 is 12.1 Å². The summed E-state index contributed by atoms with van der Waals surface area (Å²) in [4.78, 5) is 13.8. The SMILES string of the molecule is CCCCC[C@@H]1[C@@H](NC(=O)C(F)(F)F)Cc2ccccc2N1c1ccc(OC)cc1. The van der Waals surface area contributed by atoms with Crippen LogP contribution in [0.5, 0.6) is 5.75 Å². The number of rotatable bonds is 7. The molecule has 0 aliphatic carbocycles. The lowest BCUT2D eigenvalue weighted by Crippen LogP contribution is -2.56. The highest BCUT2D eigenvalue weighted by molar-refractivity contribution is 5.82. The normalized spacial score (nSPS) is 18.6. The molecule has 0 saturated heterocycles. The molecule has 1 amide bonds. The topological polar surface area (TPSA) is 41.6 Å². The van der Waals surface area contributed by atoms with Crippen LogP contribution in [-0.4, -0.2) is 31.3 Å². The Bertz CT molecular complexity index is 852. The van der Waals surface area contributed by atoms with Gasteiger partial charge in [0.05, 0.1) is 19.2 Å². The predicted octanol–water partition coefficient (Wildman–Crippen LogP) is 5.39. The molecule has 0 saturated carbocycles. The second kappa shape index (κ2) is 9.41. The molecule has 7 heteroatoms. The van der Waals surface area contributed by atoms with Gasteiger partial charge in [0.2, 0.25) is 0 Å². The Hall–Kier alpha value is -2.70. The fourth-order valence-corrected chi connectivity index (χ4v) is 4.05. The number of nitrogens with zero attached hydrogens (tertiary/aromatic N) is 1. The fraction of sp³-hybridized carbons (Fsp3) is 0.435. The van der Waals surface area contributed by atoms with E-state index >= 15 is 0 Å². The van der Waals surface area contributed by atoms with Crippen molar-refractivity contribution in [2.75, 3.05) is 12.0 Å². The first kappa shape index (κ1) is 22.0. The summed E-state index contributed by atoms with van der Waals surface area (Å²) in [5.41, 5.74) is 2.73. The fourth-order valence-electron chi connectivity index (χ4n) is 4.05. The Balaban J connectivity index is 2.02. The average molecular weight is 420 g/mol. The number of methoxy groups -OCH3 is 1. The summed E-state index contributed by atoms with van der Waals surface area (Å²) in [5.74, 6) is -1.18. The van der Waals surface area contributed by atoms with Crippen molar-refractivity contribution in [2.45, 2.75) is 57.3 Å². The van der Waals surface area contributed by atoms with Crippen molar-refractivity contribution in [3.05, 3.63) is 54.1 Å². The van der Waals surface area contributed by atoms with E-state index in [0.717, 1.165) is 36.2 Å². The van der Waals surface area contributed by atoms with Crippen LogP contribution in [0.15, 0.2) is 48.5 Å². The number of alkyl halides is 3. The molecule has 1 aliphatic rings. The van der Waals surface area contributed by atoms with E-state index in [2.05, 4.69) is 17.1 Å². The van der Waals surface area contributed by atoms with Crippen LogP contribution in [0.2, 0.25) is 0 Å². The number of para-hydroxylation sites is 1. The van der Waals surface area contributed by atoms with Crippen molar-refractivity contribution < 1.29 is 22.7 Å². The molecule has 0 spiro atoms. The van der Waals surface area contributed by atoms with E-state index in [9.17, 15) is 18.0 Å². The molecule has 2 atom stereocenters. The molecule has 0 bridgehead atoms. The van der Waals surface area contributed by atoms with Gasteiger partial charge in [-0.3, -0.25) is 4.79 Å². The number of nitrogens with one attached hydrogen (secondary N) is 1. The summed E-state index contributed by atoms with van der Waals surface area (Å²) in [7, 11) is 1.58. The summed E-state index contributed by atoms with van der Waals surface area (Å²) < 4.78 is 44.2. The molecule has 2 aromatic carbocycles. The minimum atomic E-state index is -4.91. The molecule has 0 unspecified atom stereocenters. The number of amides is 1. The number of hydrogen-bond donors (Lipinski definition) is 1. The van der Waals surface area contributed by atoms with Crippen LogP contribution in [0.3, 0.4) is 0 Å². The largest absolute Gasteiger partial charge is 0.497 e. The molecular formula is C23H27F3N2O2. The lowest BCUT2D eigenvalue weighted by atomic mass is 9.87. The molecule has 1 heterocycles. The van der Waals surface area contributed by atoms with E-state index in [4.69, 9.17) is 4.74 Å². The molecule has 4 nitrogen and oxygen atoms in total. The highest BCUT2D eigenvalue weighted by Crippen LogP contribution is 2.39. The Morgan fingerprint density at radius 3 is 2.47 bits per heavy atom.